The molecule has 0 saturated carbocycles. The molecule has 3 aromatic rings. The molecule has 0 atom stereocenters. The van der Waals surface area contributed by atoms with Crippen molar-refractivity contribution >= 4 is 40.6 Å². The van der Waals surface area contributed by atoms with Gasteiger partial charge in [-0.2, -0.15) is 0 Å². The average Bonchev–Trinajstić information content (AvgIpc) is 3.27. The van der Waals surface area contributed by atoms with Gasteiger partial charge in [-0.15, -0.1) is 23.1 Å². The highest BCUT2D eigenvalue weighted by atomic mass is 32.2. The lowest BCUT2D eigenvalue weighted by molar-refractivity contribution is 0.0772. The highest BCUT2D eigenvalue weighted by molar-refractivity contribution is 7.98. The van der Waals surface area contributed by atoms with Crippen LogP contribution in [0.15, 0.2) is 64.3 Å². The predicted molar refractivity (Wildman–Crippen MR) is 120 cm³/mol. The lowest BCUT2D eigenvalue weighted by Gasteiger charge is -2.19. The van der Waals surface area contributed by atoms with E-state index in [-0.39, 0.29) is 11.8 Å². The number of hydrogen-bond donors (Lipinski definition) is 1. The van der Waals surface area contributed by atoms with E-state index in [2.05, 4.69) is 10.3 Å². The molecular weight excluding hydrogens is 402 g/mol. The first-order valence-electron chi connectivity index (χ1n) is 9.42. The third kappa shape index (κ3) is 5.46. The third-order valence-corrected chi connectivity index (χ3v) is 6.15. The Balaban J connectivity index is 1.74. The number of benzene rings is 2. The number of carbonyl (C=O) groups is 2. The summed E-state index contributed by atoms with van der Waals surface area (Å²) in [4.78, 5) is 32.4. The highest BCUT2D eigenvalue weighted by Crippen LogP contribution is 2.27. The van der Waals surface area contributed by atoms with Gasteiger partial charge in [-0.3, -0.25) is 9.59 Å². The van der Waals surface area contributed by atoms with Gasteiger partial charge in [-0.1, -0.05) is 18.2 Å². The minimum absolute atomic E-state index is 0.0367. The first-order valence-corrected chi connectivity index (χ1v) is 11.3. The molecular formula is C22H23N3O2S2. The lowest BCUT2D eigenvalue weighted by atomic mass is 10.1. The van der Waals surface area contributed by atoms with Gasteiger partial charge in [0.25, 0.3) is 11.8 Å². The maximum absolute atomic E-state index is 12.9. The maximum atomic E-state index is 12.9. The number of thioether (sulfide) groups is 1. The molecule has 2 amide bonds. The number of thiazole rings is 1. The van der Waals surface area contributed by atoms with Crippen molar-refractivity contribution in [1.82, 2.24) is 9.88 Å². The summed E-state index contributed by atoms with van der Waals surface area (Å²) in [6, 6.07) is 14.6. The van der Waals surface area contributed by atoms with Crippen LogP contribution in [0.1, 0.15) is 40.3 Å². The molecule has 0 saturated heterocycles. The van der Waals surface area contributed by atoms with Crippen molar-refractivity contribution in [3.8, 4) is 0 Å². The topological polar surface area (TPSA) is 62.3 Å². The van der Waals surface area contributed by atoms with E-state index in [9.17, 15) is 9.59 Å². The van der Waals surface area contributed by atoms with Crippen molar-refractivity contribution in [2.45, 2.75) is 24.5 Å². The average molecular weight is 426 g/mol. The number of hydrogen-bond acceptors (Lipinski definition) is 5. The van der Waals surface area contributed by atoms with Crippen LogP contribution < -0.4 is 5.32 Å². The van der Waals surface area contributed by atoms with Gasteiger partial charge in [-0.25, -0.2) is 4.98 Å². The smallest absolute Gasteiger partial charge is 0.256 e. The van der Waals surface area contributed by atoms with Gasteiger partial charge in [-0.05, 0) is 44.2 Å². The van der Waals surface area contributed by atoms with E-state index < -0.39 is 0 Å². The molecule has 2 aromatic carbocycles. The molecule has 1 N–H and O–H groups in total. The van der Waals surface area contributed by atoms with Gasteiger partial charge in [0, 0.05) is 40.4 Å². The summed E-state index contributed by atoms with van der Waals surface area (Å²) in [5.41, 5.74) is 4.58. The van der Waals surface area contributed by atoms with Crippen molar-refractivity contribution in [2.24, 2.45) is 0 Å². The van der Waals surface area contributed by atoms with Crippen LogP contribution >= 0.6 is 23.1 Å². The van der Waals surface area contributed by atoms with Gasteiger partial charge in [0.05, 0.1) is 16.8 Å². The Morgan fingerprint density at radius 3 is 2.62 bits per heavy atom. The van der Waals surface area contributed by atoms with Crippen LogP contribution in [0.2, 0.25) is 0 Å². The van der Waals surface area contributed by atoms with E-state index in [0.29, 0.717) is 35.7 Å². The first-order chi connectivity index (χ1) is 14.1. The zero-order valence-electron chi connectivity index (χ0n) is 16.4. The maximum Gasteiger partial charge on any atom is 0.256 e. The van der Waals surface area contributed by atoms with Crippen molar-refractivity contribution in [2.75, 3.05) is 18.4 Å². The molecule has 1 aromatic heterocycles. The van der Waals surface area contributed by atoms with E-state index in [0.717, 1.165) is 10.6 Å². The normalized spacial score (nSPS) is 10.6. The zero-order chi connectivity index (χ0) is 20.6. The minimum Gasteiger partial charge on any atom is -0.339 e. The molecule has 3 rings (SSSR count). The van der Waals surface area contributed by atoms with Gasteiger partial charge >= 0.3 is 0 Å². The second-order valence-electron chi connectivity index (χ2n) is 6.28. The van der Waals surface area contributed by atoms with E-state index >= 15 is 0 Å². The molecule has 7 heteroatoms. The van der Waals surface area contributed by atoms with Crippen LogP contribution in [0.4, 0.5) is 5.69 Å². The molecule has 150 valence electrons. The van der Waals surface area contributed by atoms with Crippen LogP contribution in [-0.4, -0.2) is 34.8 Å². The molecule has 0 bridgehead atoms. The van der Waals surface area contributed by atoms with Gasteiger partial charge in [0.1, 0.15) is 0 Å². The van der Waals surface area contributed by atoms with Crippen LogP contribution in [0.25, 0.3) is 0 Å². The predicted octanol–water partition coefficient (Wildman–Crippen LogP) is 5.17. The Labute approximate surface area is 179 Å². The number of nitrogens with one attached hydrogen (secondary N) is 1. The van der Waals surface area contributed by atoms with Crippen LogP contribution in [0.5, 0.6) is 0 Å². The fraction of sp³-hybridized carbons (Fsp3) is 0.227. The summed E-state index contributed by atoms with van der Waals surface area (Å²) in [6.07, 6.45) is 0. The SMILES string of the molecule is CCN(CC)C(=O)c1cccc(NC(=O)c2ccccc2SCc2cscn2)c1. The fourth-order valence-corrected chi connectivity index (χ4v) is 4.48. The molecule has 0 aliphatic carbocycles. The van der Waals surface area contributed by atoms with Crippen LogP contribution in [0.3, 0.4) is 0 Å². The molecule has 0 spiro atoms. The van der Waals surface area contributed by atoms with Gasteiger partial charge in [0.2, 0.25) is 0 Å². The number of aromatic nitrogens is 1. The quantitative estimate of drug-likeness (QED) is 0.506. The highest BCUT2D eigenvalue weighted by Gasteiger charge is 2.15. The third-order valence-electron chi connectivity index (χ3n) is 4.41. The number of nitrogens with zero attached hydrogens (tertiary/aromatic N) is 2. The van der Waals surface area contributed by atoms with Gasteiger partial charge < -0.3 is 10.2 Å². The molecule has 29 heavy (non-hydrogen) atoms. The largest absolute Gasteiger partial charge is 0.339 e. The Bertz CT molecular complexity index is 970. The monoisotopic (exact) mass is 425 g/mol. The van der Waals surface area contributed by atoms with Crippen molar-refractivity contribution in [1.29, 1.82) is 0 Å². The summed E-state index contributed by atoms with van der Waals surface area (Å²) < 4.78 is 0. The molecule has 0 fully saturated rings. The number of carbonyl (C=O) groups excluding carboxylic acids is 2. The van der Waals surface area contributed by atoms with Crippen molar-refractivity contribution in [3.63, 3.8) is 0 Å². The van der Waals surface area contributed by atoms with Crippen molar-refractivity contribution < 1.29 is 9.59 Å². The fourth-order valence-electron chi connectivity index (χ4n) is 2.86. The molecule has 0 aliphatic rings. The molecule has 0 aliphatic heterocycles. The second-order valence-corrected chi connectivity index (χ2v) is 8.01. The summed E-state index contributed by atoms with van der Waals surface area (Å²) in [6.45, 7) is 5.20. The van der Waals surface area contributed by atoms with E-state index in [1.54, 1.807) is 57.8 Å². The van der Waals surface area contributed by atoms with Crippen LogP contribution in [0, 0.1) is 0 Å². The summed E-state index contributed by atoms with van der Waals surface area (Å²) >= 11 is 3.15. The van der Waals surface area contributed by atoms with Crippen molar-refractivity contribution in [3.05, 3.63) is 76.2 Å². The summed E-state index contributed by atoms with van der Waals surface area (Å²) in [5, 5.41) is 4.93. The van der Waals surface area contributed by atoms with E-state index in [4.69, 9.17) is 0 Å². The Kier molecular flexibility index (Phi) is 7.43. The number of amides is 2. The first kappa shape index (κ1) is 21.1. The zero-order valence-corrected chi connectivity index (χ0v) is 18.1. The molecule has 1 heterocycles. The van der Waals surface area contributed by atoms with E-state index in [1.165, 1.54) is 0 Å². The number of anilines is 1. The van der Waals surface area contributed by atoms with Crippen LogP contribution in [-0.2, 0) is 5.75 Å². The molecule has 0 radical (unpaired) electrons. The Morgan fingerprint density at radius 1 is 1.10 bits per heavy atom. The molecule has 5 nitrogen and oxygen atoms in total. The summed E-state index contributed by atoms with van der Waals surface area (Å²) in [7, 11) is 0. The number of rotatable bonds is 8. The second kappa shape index (κ2) is 10.2. The molecule has 0 unspecified atom stereocenters. The Hall–Kier alpha value is -2.64. The Morgan fingerprint density at radius 2 is 1.90 bits per heavy atom. The van der Waals surface area contributed by atoms with Gasteiger partial charge in [0.15, 0.2) is 0 Å². The standard InChI is InChI=1S/C22H23N3O2S2/c1-3-25(4-2)22(27)16-8-7-9-17(12-16)24-21(26)19-10-5-6-11-20(19)29-14-18-13-28-15-23-18/h5-13,15H,3-4,14H2,1-2H3,(H,24,26). The minimum atomic E-state index is -0.196. The summed E-state index contributed by atoms with van der Waals surface area (Å²) in [5.74, 6) is 0.478. The lowest BCUT2D eigenvalue weighted by Crippen LogP contribution is -2.30. The van der Waals surface area contributed by atoms with E-state index in [1.807, 2.05) is 43.5 Å².